The number of hydrogen-bond donors (Lipinski definition) is 2. The number of hydrogen-bond acceptors (Lipinski definition) is 5. The summed E-state index contributed by atoms with van der Waals surface area (Å²) in [5.74, 6) is -0.951. The quantitative estimate of drug-likeness (QED) is 0.359. The second kappa shape index (κ2) is 13.7. The average molecular weight is 630 g/mol. The maximum atomic E-state index is 13.4. The number of carbonyl (C=O) groups excluding carboxylic acids is 3. The molecule has 0 saturated carbocycles. The number of anilines is 1. The molecule has 1 aliphatic heterocycles. The highest BCUT2D eigenvalue weighted by atomic mass is 35.5. The third-order valence-corrected chi connectivity index (χ3v) is 7.94. The van der Waals surface area contributed by atoms with Crippen LogP contribution in [0, 0.1) is 0 Å². The lowest BCUT2D eigenvalue weighted by Gasteiger charge is -2.43. The van der Waals surface area contributed by atoms with Gasteiger partial charge in [-0.2, -0.15) is 13.2 Å². The zero-order valence-electron chi connectivity index (χ0n) is 24.7. The van der Waals surface area contributed by atoms with Crippen molar-refractivity contribution in [3.63, 3.8) is 0 Å². The summed E-state index contributed by atoms with van der Waals surface area (Å²) in [7, 11) is 3.35. The maximum Gasteiger partial charge on any atom is 0.416 e. The zero-order valence-corrected chi connectivity index (χ0v) is 25.5. The molecule has 3 aromatic rings. The van der Waals surface area contributed by atoms with E-state index in [0.717, 1.165) is 18.2 Å². The summed E-state index contributed by atoms with van der Waals surface area (Å²) in [4.78, 5) is 44.8. The Morgan fingerprint density at radius 3 is 2.36 bits per heavy atom. The molecule has 0 aliphatic carbocycles. The molecular formula is C32H35ClF3N5O3. The molecule has 3 N–H and O–H groups in total. The summed E-state index contributed by atoms with van der Waals surface area (Å²) in [6, 6.07) is 15.2. The van der Waals surface area contributed by atoms with Gasteiger partial charge in [-0.15, -0.1) is 0 Å². The number of alkyl halides is 3. The van der Waals surface area contributed by atoms with Crippen LogP contribution in [0.25, 0.3) is 11.1 Å². The van der Waals surface area contributed by atoms with Crippen LogP contribution >= 0.6 is 11.6 Å². The van der Waals surface area contributed by atoms with Crippen molar-refractivity contribution in [2.45, 2.75) is 25.6 Å². The maximum absolute atomic E-state index is 13.4. The first-order valence-corrected chi connectivity index (χ1v) is 14.6. The lowest BCUT2D eigenvalue weighted by Crippen LogP contribution is -2.55. The molecule has 0 aromatic heterocycles. The molecule has 234 valence electrons. The van der Waals surface area contributed by atoms with Crippen molar-refractivity contribution >= 4 is 35.0 Å². The molecule has 1 atom stereocenters. The van der Waals surface area contributed by atoms with E-state index in [1.165, 1.54) is 4.90 Å². The molecule has 4 rings (SSSR count). The summed E-state index contributed by atoms with van der Waals surface area (Å²) in [5.41, 5.74) is 7.65. The topological polar surface area (TPSA) is 99.0 Å². The van der Waals surface area contributed by atoms with Gasteiger partial charge in [-0.25, -0.2) is 0 Å². The molecule has 0 unspecified atom stereocenters. The van der Waals surface area contributed by atoms with Crippen LogP contribution in [0.15, 0.2) is 60.7 Å². The first-order chi connectivity index (χ1) is 20.9. The Kier molecular flexibility index (Phi) is 10.2. The van der Waals surface area contributed by atoms with Gasteiger partial charge in [0.25, 0.3) is 17.7 Å². The number of nitrogens with one attached hydrogen (secondary N) is 1. The van der Waals surface area contributed by atoms with E-state index in [2.05, 4.69) is 10.2 Å². The van der Waals surface area contributed by atoms with Crippen LogP contribution in [0.3, 0.4) is 0 Å². The normalized spacial score (nSPS) is 15.2. The van der Waals surface area contributed by atoms with Gasteiger partial charge in [0.05, 0.1) is 21.7 Å². The Morgan fingerprint density at radius 2 is 1.73 bits per heavy atom. The number of carbonyl (C=O) groups is 3. The first-order valence-electron chi connectivity index (χ1n) is 14.2. The summed E-state index contributed by atoms with van der Waals surface area (Å²) < 4.78 is 39.3. The number of benzene rings is 3. The monoisotopic (exact) mass is 629 g/mol. The van der Waals surface area contributed by atoms with Gasteiger partial charge in [-0.05, 0) is 53.9 Å². The Bertz CT molecular complexity index is 1550. The molecule has 0 bridgehead atoms. The Hall–Kier alpha value is -4.09. The van der Waals surface area contributed by atoms with Crippen LogP contribution in [-0.2, 0) is 6.18 Å². The third kappa shape index (κ3) is 7.00. The fourth-order valence-corrected chi connectivity index (χ4v) is 5.58. The molecular weight excluding hydrogens is 595 g/mol. The second-order valence-corrected chi connectivity index (χ2v) is 11.1. The molecule has 8 nitrogen and oxygen atoms in total. The van der Waals surface area contributed by atoms with Crippen LogP contribution in [0.4, 0.5) is 18.9 Å². The van der Waals surface area contributed by atoms with Gasteiger partial charge in [0.2, 0.25) is 0 Å². The Balaban J connectivity index is 1.66. The summed E-state index contributed by atoms with van der Waals surface area (Å²) in [5, 5.41) is 2.58. The number of piperazine rings is 1. The number of nitrogens with zero attached hydrogens (tertiary/aromatic N) is 3. The highest BCUT2D eigenvalue weighted by Crippen LogP contribution is 2.35. The average Bonchev–Trinajstić information content (AvgIpc) is 3.01. The van der Waals surface area contributed by atoms with E-state index in [-0.39, 0.29) is 54.6 Å². The first kappa shape index (κ1) is 32.8. The molecule has 1 saturated heterocycles. The van der Waals surface area contributed by atoms with Gasteiger partial charge in [0.1, 0.15) is 0 Å². The van der Waals surface area contributed by atoms with Crippen molar-refractivity contribution in [1.82, 2.24) is 15.1 Å². The van der Waals surface area contributed by atoms with Crippen LogP contribution in [0.2, 0.25) is 5.02 Å². The van der Waals surface area contributed by atoms with E-state index in [1.807, 2.05) is 31.2 Å². The predicted molar refractivity (Wildman–Crippen MR) is 165 cm³/mol. The van der Waals surface area contributed by atoms with Gasteiger partial charge < -0.3 is 25.8 Å². The third-order valence-electron chi connectivity index (χ3n) is 7.62. The van der Waals surface area contributed by atoms with E-state index in [1.54, 1.807) is 37.2 Å². The summed E-state index contributed by atoms with van der Waals surface area (Å²) in [6.45, 7) is 3.39. The smallest absolute Gasteiger partial charge is 0.364 e. The van der Waals surface area contributed by atoms with Gasteiger partial charge in [0.15, 0.2) is 0 Å². The molecule has 1 heterocycles. The Labute approximate surface area is 259 Å². The lowest BCUT2D eigenvalue weighted by molar-refractivity contribution is -0.137. The largest absolute Gasteiger partial charge is 0.416 e. The minimum atomic E-state index is -4.57. The van der Waals surface area contributed by atoms with Gasteiger partial charge in [-0.1, -0.05) is 42.8 Å². The van der Waals surface area contributed by atoms with Crippen molar-refractivity contribution in [2.24, 2.45) is 5.73 Å². The van der Waals surface area contributed by atoms with Crippen molar-refractivity contribution in [3.05, 3.63) is 87.9 Å². The fraction of sp³-hybridized carbons (Fsp3) is 0.344. The molecule has 3 amide bonds. The molecule has 0 radical (unpaired) electrons. The van der Waals surface area contributed by atoms with Crippen molar-refractivity contribution in [2.75, 3.05) is 51.7 Å². The molecule has 1 fully saturated rings. The van der Waals surface area contributed by atoms with E-state index in [0.29, 0.717) is 40.9 Å². The lowest BCUT2D eigenvalue weighted by atomic mass is 9.95. The second-order valence-electron chi connectivity index (χ2n) is 10.7. The number of nitrogens with two attached hydrogens (primary N) is 1. The van der Waals surface area contributed by atoms with E-state index < -0.39 is 17.6 Å². The summed E-state index contributed by atoms with van der Waals surface area (Å²) in [6.07, 6.45) is -3.95. The highest BCUT2D eigenvalue weighted by molar-refractivity contribution is 6.33. The van der Waals surface area contributed by atoms with Gasteiger partial charge >= 0.3 is 6.18 Å². The highest BCUT2D eigenvalue weighted by Gasteiger charge is 2.34. The molecule has 1 aliphatic rings. The Morgan fingerprint density at radius 1 is 1.00 bits per heavy atom. The van der Waals surface area contributed by atoms with E-state index in [4.69, 9.17) is 17.3 Å². The van der Waals surface area contributed by atoms with Crippen LogP contribution < -0.4 is 16.0 Å². The number of halogens is 4. The zero-order chi connectivity index (χ0) is 32.2. The van der Waals surface area contributed by atoms with Crippen LogP contribution in [-0.4, -0.2) is 80.4 Å². The molecule has 44 heavy (non-hydrogen) atoms. The molecule has 12 heteroatoms. The SMILES string of the molecule is CC[C@@H]1CN(C(=O)c2ccc(C(F)(F)F)cc2Cl)CCN1c1ccc(-c2ccccc2C(=O)N(C)C)cc1C(=O)NCCN. The predicted octanol–water partition coefficient (Wildman–Crippen LogP) is 5.16. The van der Waals surface area contributed by atoms with Gasteiger partial charge in [0, 0.05) is 64.1 Å². The standard InChI is InChI=1S/C32H35ClF3N5O3/c1-4-22-19-40(31(44)25-11-10-21(18-27(25)33)32(34,35)36)15-16-41(22)28-12-9-20(17-26(28)29(42)38-14-13-37)23-7-5-6-8-24(23)30(43)39(2)3/h5-12,17-18,22H,4,13-16,19,37H2,1-3H3,(H,38,42)/t22-/m1/s1. The molecule has 3 aromatic carbocycles. The minimum Gasteiger partial charge on any atom is -0.364 e. The van der Waals surface area contributed by atoms with Crippen molar-refractivity contribution < 1.29 is 27.6 Å². The van der Waals surface area contributed by atoms with Crippen LogP contribution in [0.1, 0.15) is 50.0 Å². The summed E-state index contributed by atoms with van der Waals surface area (Å²) >= 11 is 6.12. The molecule has 0 spiro atoms. The van der Waals surface area contributed by atoms with Crippen LogP contribution in [0.5, 0.6) is 0 Å². The fourth-order valence-electron chi connectivity index (χ4n) is 5.32. The van der Waals surface area contributed by atoms with E-state index in [9.17, 15) is 27.6 Å². The van der Waals surface area contributed by atoms with E-state index >= 15 is 0 Å². The van der Waals surface area contributed by atoms with Crippen molar-refractivity contribution in [3.8, 4) is 11.1 Å². The number of rotatable bonds is 8. The minimum absolute atomic E-state index is 0.000102. The van der Waals surface area contributed by atoms with Crippen molar-refractivity contribution in [1.29, 1.82) is 0 Å². The number of amides is 3. The van der Waals surface area contributed by atoms with Gasteiger partial charge in [-0.3, -0.25) is 14.4 Å².